The Morgan fingerprint density at radius 3 is 2.59 bits per heavy atom. The highest BCUT2D eigenvalue weighted by atomic mass is 19.4. The number of rotatable bonds is 4. The van der Waals surface area contributed by atoms with Crippen molar-refractivity contribution in [3.8, 4) is 0 Å². The predicted octanol–water partition coefficient (Wildman–Crippen LogP) is 2.42. The van der Waals surface area contributed by atoms with Gasteiger partial charge in [0, 0.05) is 12.1 Å². The quantitative estimate of drug-likeness (QED) is 0.657. The van der Waals surface area contributed by atoms with E-state index in [1.54, 1.807) is 0 Å². The van der Waals surface area contributed by atoms with Crippen molar-refractivity contribution in [3.05, 3.63) is 39.9 Å². The van der Waals surface area contributed by atoms with Crippen LogP contribution in [-0.2, 0) is 6.42 Å². The molecule has 0 unspecified atom stereocenters. The van der Waals surface area contributed by atoms with Crippen LogP contribution in [0.2, 0.25) is 0 Å². The molecule has 0 saturated carbocycles. The van der Waals surface area contributed by atoms with Crippen molar-refractivity contribution >= 4 is 5.69 Å². The number of alkyl halides is 3. The van der Waals surface area contributed by atoms with E-state index in [0.717, 1.165) is 0 Å². The molecule has 2 N–H and O–H groups in total. The van der Waals surface area contributed by atoms with E-state index in [9.17, 15) is 23.3 Å². The zero-order valence-electron chi connectivity index (χ0n) is 8.78. The van der Waals surface area contributed by atoms with Gasteiger partial charge in [0.15, 0.2) is 0 Å². The zero-order chi connectivity index (χ0) is 13.1. The molecule has 1 aromatic rings. The topological polar surface area (TPSA) is 69.2 Å². The van der Waals surface area contributed by atoms with Gasteiger partial charge in [-0.1, -0.05) is 12.1 Å². The molecule has 0 aliphatic carbocycles. The number of non-ortho nitro benzene ring substituents is 1. The molecular formula is C10H11F3N2O2. The van der Waals surface area contributed by atoms with Gasteiger partial charge in [-0.15, -0.1) is 0 Å². The molecule has 0 radical (unpaired) electrons. The molecule has 1 atom stereocenters. The summed E-state index contributed by atoms with van der Waals surface area (Å²) in [5.74, 6) is 0. The summed E-state index contributed by atoms with van der Waals surface area (Å²) in [4.78, 5) is 9.86. The van der Waals surface area contributed by atoms with E-state index in [1.165, 1.54) is 24.3 Å². The summed E-state index contributed by atoms with van der Waals surface area (Å²) < 4.78 is 36.4. The third kappa shape index (κ3) is 4.03. The Balaban J connectivity index is 2.64. The van der Waals surface area contributed by atoms with E-state index >= 15 is 0 Å². The lowest BCUT2D eigenvalue weighted by atomic mass is 10.1. The highest BCUT2D eigenvalue weighted by Crippen LogP contribution is 2.22. The molecule has 7 heteroatoms. The fourth-order valence-corrected chi connectivity index (χ4v) is 1.31. The first-order valence-corrected chi connectivity index (χ1v) is 4.86. The molecule has 94 valence electrons. The van der Waals surface area contributed by atoms with Crippen molar-refractivity contribution in [1.29, 1.82) is 0 Å². The molecule has 0 fully saturated rings. The first-order valence-electron chi connectivity index (χ1n) is 4.86. The largest absolute Gasteiger partial charge is 0.403 e. The van der Waals surface area contributed by atoms with Crippen LogP contribution in [0.25, 0.3) is 0 Å². The van der Waals surface area contributed by atoms with Gasteiger partial charge in [-0.2, -0.15) is 13.2 Å². The molecular weight excluding hydrogens is 237 g/mol. The van der Waals surface area contributed by atoms with Crippen LogP contribution in [0, 0.1) is 10.1 Å². The lowest BCUT2D eigenvalue weighted by Crippen LogP contribution is -2.37. The molecule has 0 amide bonds. The summed E-state index contributed by atoms with van der Waals surface area (Å²) in [6.07, 6.45) is -4.66. The number of hydrogen-bond acceptors (Lipinski definition) is 3. The van der Waals surface area contributed by atoms with E-state index < -0.39 is 17.1 Å². The van der Waals surface area contributed by atoms with Crippen molar-refractivity contribution in [1.82, 2.24) is 0 Å². The SMILES string of the molecule is N[C@@H](CCc1cccc([N+](=O)[O-])c1)C(F)(F)F. The average molecular weight is 248 g/mol. The Morgan fingerprint density at radius 2 is 2.06 bits per heavy atom. The number of benzene rings is 1. The number of nitrogens with two attached hydrogens (primary N) is 1. The van der Waals surface area contributed by atoms with Crippen LogP contribution in [0.4, 0.5) is 18.9 Å². The summed E-state index contributed by atoms with van der Waals surface area (Å²) in [6.45, 7) is 0. The highest BCUT2D eigenvalue weighted by molar-refractivity contribution is 5.34. The average Bonchev–Trinajstić information content (AvgIpc) is 2.25. The number of nitro groups is 1. The molecule has 0 bridgehead atoms. The number of nitrogens with zero attached hydrogens (tertiary/aromatic N) is 1. The molecule has 0 aliphatic heterocycles. The first-order chi connectivity index (χ1) is 7.80. The Kier molecular flexibility index (Phi) is 4.06. The first kappa shape index (κ1) is 13.4. The van der Waals surface area contributed by atoms with Gasteiger partial charge >= 0.3 is 6.18 Å². The zero-order valence-corrected chi connectivity index (χ0v) is 8.78. The maximum Gasteiger partial charge on any atom is 0.403 e. The monoisotopic (exact) mass is 248 g/mol. The maximum absolute atomic E-state index is 12.1. The molecule has 17 heavy (non-hydrogen) atoms. The van der Waals surface area contributed by atoms with Crippen LogP contribution in [0.15, 0.2) is 24.3 Å². The standard InChI is InChI=1S/C10H11F3N2O2/c11-10(12,13)9(14)5-4-7-2-1-3-8(6-7)15(16)17/h1-3,6,9H,4-5,14H2/t9-/m0/s1. The summed E-state index contributed by atoms with van der Waals surface area (Å²) in [5, 5.41) is 10.5. The van der Waals surface area contributed by atoms with E-state index in [1.807, 2.05) is 0 Å². The molecule has 0 saturated heterocycles. The molecule has 0 aliphatic rings. The van der Waals surface area contributed by atoms with Crippen LogP contribution in [0.5, 0.6) is 0 Å². The number of aryl methyl sites for hydroxylation is 1. The van der Waals surface area contributed by atoms with Crippen LogP contribution >= 0.6 is 0 Å². The van der Waals surface area contributed by atoms with E-state index in [0.29, 0.717) is 5.56 Å². The van der Waals surface area contributed by atoms with Gasteiger partial charge in [0.25, 0.3) is 5.69 Å². The van der Waals surface area contributed by atoms with Crippen LogP contribution in [-0.4, -0.2) is 17.1 Å². The lowest BCUT2D eigenvalue weighted by Gasteiger charge is -2.14. The van der Waals surface area contributed by atoms with Crippen molar-refractivity contribution in [2.24, 2.45) is 5.73 Å². The molecule has 0 heterocycles. The van der Waals surface area contributed by atoms with Crippen molar-refractivity contribution < 1.29 is 18.1 Å². The van der Waals surface area contributed by atoms with Gasteiger partial charge < -0.3 is 5.73 Å². The molecule has 0 spiro atoms. The maximum atomic E-state index is 12.1. The minimum atomic E-state index is -4.43. The Morgan fingerprint density at radius 1 is 1.41 bits per heavy atom. The number of hydrogen-bond donors (Lipinski definition) is 1. The molecule has 1 rings (SSSR count). The van der Waals surface area contributed by atoms with Crippen molar-refractivity contribution in [3.63, 3.8) is 0 Å². The summed E-state index contributed by atoms with van der Waals surface area (Å²) in [7, 11) is 0. The molecule has 4 nitrogen and oxygen atoms in total. The van der Waals surface area contributed by atoms with Crippen LogP contribution in [0.3, 0.4) is 0 Å². The van der Waals surface area contributed by atoms with Gasteiger partial charge in [0.2, 0.25) is 0 Å². The Hall–Kier alpha value is -1.63. The summed E-state index contributed by atoms with van der Waals surface area (Å²) in [6, 6.07) is 3.61. The minimum absolute atomic E-state index is 0.0579. The molecule has 1 aromatic carbocycles. The van der Waals surface area contributed by atoms with Gasteiger partial charge in [-0.25, -0.2) is 0 Å². The second kappa shape index (κ2) is 5.13. The van der Waals surface area contributed by atoms with E-state index in [4.69, 9.17) is 5.73 Å². The second-order valence-electron chi connectivity index (χ2n) is 3.61. The van der Waals surface area contributed by atoms with Crippen molar-refractivity contribution in [2.75, 3.05) is 0 Å². The van der Waals surface area contributed by atoms with E-state index in [2.05, 4.69) is 0 Å². The van der Waals surface area contributed by atoms with Crippen molar-refractivity contribution in [2.45, 2.75) is 25.1 Å². The van der Waals surface area contributed by atoms with Gasteiger partial charge in [-0.3, -0.25) is 10.1 Å². The van der Waals surface area contributed by atoms with Gasteiger partial charge in [0.1, 0.15) is 6.04 Å². The van der Waals surface area contributed by atoms with E-state index in [-0.39, 0.29) is 18.5 Å². The smallest absolute Gasteiger partial charge is 0.320 e. The third-order valence-electron chi connectivity index (χ3n) is 2.29. The minimum Gasteiger partial charge on any atom is -0.320 e. The van der Waals surface area contributed by atoms with Gasteiger partial charge in [-0.05, 0) is 18.4 Å². The Labute approximate surface area is 95.4 Å². The number of nitro benzene ring substituents is 1. The highest BCUT2D eigenvalue weighted by Gasteiger charge is 2.35. The molecule has 0 aromatic heterocycles. The fraction of sp³-hybridized carbons (Fsp3) is 0.400. The Bertz CT molecular complexity index is 407. The predicted molar refractivity (Wildman–Crippen MR) is 55.4 cm³/mol. The second-order valence-corrected chi connectivity index (χ2v) is 3.61. The summed E-state index contributed by atoms with van der Waals surface area (Å²) in [5.41, 5.74) is 5.27. The summed E-state index contributed by atoms with van der Waals surface area (Å²) >= 11 is 0. The van der Waals surface area contributed by atoms with Crippen LogP contribution < -0.4 is 5.73 Å². The van der Waals surface area contributed by atoms with Crippen LogP contribution in [0.1, 0.15) is 12.0 Å². The van der Waals surface area contributed by atoms with Gasteiger partial charge in [0.05, 0.1) is 4.92 Å². The number of halogens is 3. The third-order valence-corrected chi connectivity index (χ3v) is 2.29. The normalized spacial score (nSPS) is 13.4. The lowest BCUT2D eigenvalue weighted by molar-refractivity contribution is -0.384. The fourth-order valence-electron chi connectivity index (χ4n) is 1.31.